The fourth-order valence-corrected chi connectivity index (χ4v) is 4.47. The molecule has 1 aliphatic rings. The van der Waals surface area contributed by atoms with Crippen LogP contribution >= 0.6 is 0 Å². The van der Waals surface area contributed by atoms with E-state index in [-0.39, 0.29) is 18.0 Å². The monoisotopic (exact) mass is 440 g/mol. The Morgan fingerprint density at radius 1 is 0.647 bits per heavy atom. The Balaban J connectivity index is 1.66. The minimum Gasteiger partial charge on any atom is -0.294 e. The summed E-state index contributed by atoms with van der Waals surface area (Å²) in [6, 6.07) is 37.1. The standard InChI is InChI=1S/C32H24O2/c33-31(25-16-8-3-9-17-25)22-27(23-12-4-1-5-13-23)21-29(24-14-6-2-7-15-24)30-20-26-18-10-11-19-28(26)32(30)34/h1-19,21H,20,22H2. The van der Waals surface area contributed by atoms with Crippen molar-refractivity contribution < 1.29 is 9.59 Å². The van der Waals surface area contributed by atoms with Crippen LogP contribution in [0.3, 0.4) is 0 Å². The summed E-state index contributed by atoms with van der Waals surface area (Å²) in [6.45, 7) is 0. The topological polar surface area (TPSA) is 34.1 Å². The van der Waals surface area contributed by atoms with Gasteiger partial charge in [0, 0.05) is 29.5 Å². The molecule has 0 aromatic heterocycles. The highest BCUT2D eigenvalue weighted by Gasteiger charge is 2.27. The molecule has 0 atom stereocenters. The van der Waals surface area contributed by atoms with Crippen LogP contribution in [0.1, 0.15) is 43.8 Å². The Morgan fingerprint density at radius 2 is 1.18 bits per heavy atom. The molecule has 0 unspecified atom stereocenters. The van der Waals surface area contributed by atoms with Gasteiger partial charge in [0.2, 0.25) is 0 Å². The molecule has 2 heteroatoms. The van der Waals surface area contributed by atoms with Crippen LogP contribution in [-0.4, -0.2) is 11.6 Å². The van der Waals surface area contributed by atoms with Gasteiger partial charge in [0.25, 0.3) is 0 Å². The van der Waals surface area contributed by atoms with Gasteiger partial charge in [-0.05, 0) is 33.9 Å². The summed E-state index contributed by atoms with van der Waals surface area (Å²) in [5, 5.41) is 0. The molecule has 4 aromatic carbocycles. The number of Topliss-reactive ketones (excluding diaryl/α,β-unsaturated/α-hetero) is 2. The van der Waals surface area contributed by atoms with Crippen molar-refractivity contribution in [1.82, 2.24) is 0 Å². The molecule has 0 spiro atoms. The smallest absolute Gasteiger partial charge is 0.190 e. The number of carbonyl (C=O) groups is 2. The number of hydrogen-bond acceptors (Lipinski definition) is 2. The van der Waals surface area contributed by atoms with E-state index in [0.29, 0.717) is 12.0 Å². The predicted octanol–water partition coefficient (Wildman–Crippen LogP) is 7.24. The van der Waals surface area contributed by atoms with E-state index >= 15 is 0 Å². The summed E-state index contributed by atoms with van der Waals surface area (Å²) in [4.78, 5) is 26.6. The Kier molecular flexibility index (Phi) is 6.13. The van der Waals surface area contributed by atoms with E-state index in [9.17, 15) is 9.59 Å². The van der Waals surface area contributed by atoms with E-state index in [1.165, 1.54) is 0 Å². The third kappa shape index (κ3) is 4.44. The first-order chi connectivity index (χ1) is 16.7. The maximum absolute atomic E-state index is 13.4. The molecule has 1 aliphatic carbocycles. The molecular formula is C32H24O2. The molecule has 4 aromatic rings. The van der Waals surface area contributed by atoms with Gasteiger partial charge in [0.05, 0.1) is 0 Å². The van der Waals surface area contributed by atoms with Gasteiger partial charge >= 0.3 is 0 Å². The van der Waals surface area contributed by atoms with E-state index in [1.54, 1.807) is 0 Å². The first-order valence-corrected chi connectivity index (χ1v) is 11.5. The number of fused-ring (bicyclic) bond motifs is 1. The predicted molar refractivity (Wildman–Crippen MR) is 138 cm³/mol. The largest absolute Gasteiger partial charge is 0.294 e. The van der Waals surface area contributed by atoms with Gasteiger partial charge in [-0.2, -0.15) is 0 Å². The average molecular weight is 441 g/mol. The quantitative estimate of drug-likeness (QED) is 0.234. The van der Waals surface area contributed by atoms with Crippen molar-refractivity contribution in [1.29, 1.82) is 0 Å². The molecule has 164 valence electrons. The highest BCUT2D eigenvalue weighted by Crippen LogP contribution is 2.35. The molecule has 0 N–H and O–H groups in total. The van der Waals surface area contributed by atoms with Gasteiger partial charge < -0.3 is 0 Å². The van der Waals surface area contributed by atoms with Gasteiger partial charge in [-0.1, -0.05) is 115 Å². The van der Waals surface area contributed by atoms with Crippen molar-refractivity contribution in [2.24, 2.45) is 0 Å². The summed E-state index contributed by atoms with van der Waals surface area (Å²) in [6.07, 6.45) is 2.88. The number of hydrogen-bond donors (Lipinski definition) is 0. The highest BCUT2D eigenvalue weighted by atomic mass is 16.1. The molecule has 34 heavy (non-hydrogen) atoms. The minimum absolute atomic E-state index is 0.0501. The summed E-state index contributed by atoms with van der Waals surface area (Å²) < 4.78 is 0. The fraction of sp³-hybridized carbons (Fsp3) is 0.0625. The maximum Gasteiger partial charge on any atom is 0.190 e. The SMILES string of the molecule is O=C(CC(=CC(=C1Cc2ccccc2C1=O)c1ccccc1)c1ccccc1)c1ccccc1. The Bertz CT molecular complexity index is 1400. The second-order valence-electron chi connectivity index (χ2n) is 8.42. The normalized spacial score (nSPS) is 14.6. The van der Waals surface area contributed by atoms with Crippen molar-refractivity contribution in [3.8, 4) is 0 Å². The zero-order valence-electron chi connectivity index (χ0n) is 18.8. The zero-order valence-corrected chi connectivity index (χ0v) is 18.8. The fourth-order valence-electron chi connectivity index (χ4n) is 4.47. The van der Waals surface area contributed by atoms with E-state index in [1.807, 2.05) is 121 Å². The molecule has 0 saturated heterocycles. The van der Waals surface area contributed by atoms with Gasteiger partial charge in [0.1, 0.15) is 0 Å². The van der Waals surface area contributed by atoms with Crippen molar-refractivity contribution in [2.75, 3.05) is 0 Å². The average Bonchev–Trinajstić information content (AvgIpc) is 3.24. The molecule has 5 rings (SSSR count). The number of allylic oxidation sites excluding steroid dienone is 4. The maximum atomic E-state index is 13.4. The second kappa shape index (κ2) is 9.68. The molecular weight excluding hydrogens is 416 g/mol. The number of rotatable bonds is 6. The number of carbonyl (C=O) groups excluding carboxylic acids is 2. The first kappa shape index (κ1) is 21.5. The summed E-state index contributed by atoms with van der Waals surface area (Å²) in [7, 11) is 0. The van der Waals surface area contributed by atoms with Crippen molar-refractivity contribution in [3.63, 3.8) is 0 Å². The summed E-state index contributed by atoms with van der Waals surface area (Å²) >= 11 is 0. The molecule has 0 amide bonds. The zero-order chi connectivity index (χ0) is 23.3. The second-order valence-corrected chi connectivity index (χ2v) is 8.42. The molecule has 0 aliphatic heterocycles. The lowest BCUT2D eigenvalue weighted by Crippen LogP contribution is -2.03. The highest BCUT2D eigenvalue weighted by molar-refractivity contribution is 6.18. The van der Waals surface area contributed by atoms with Crippen LogP contribution in [0.4, 0.5) is 0 Å². The van der Waals surface area contributed by atoms with Gasteiger partial charge in [0.15, 0.2) is 11.6 Å². The Labute approximate surface area is 199 Å². The van der Waals surface area contributed by atoms with E-state index in [0.717, 1.165) is 39.0 Å². The lowest BCUT2D eigenvalue weighted by atomic mass is 9.90. The lowest BCUT2D eigenvalue weighted by Gasteiger charge is -2.13. The third-order valence-electron chi connectivity index (χ3n) is 6.22. The molecule has 0 heterocycles. The van der Waals surface area contributed by atoms with Crippen LogP contribution in [0.25, 0.3) is 11.1 Å². The molecule has 2 nitrogen and oxygen atoms in total. The lowest BCUT2D eigenvalue weighted by molar-refractivity contribution is 0.0997. The van der Waals surface area contributed by atoms with E-state index in [2.05, 4.69) is 0 Å². The molecule has 0 radical (unpaired) electrons. The van der Waals surface area contributed by atoms with Gasteiger partial charge in [-0.3, -0.25) is 9.59 Å². The number of benzene rings is 4. The van der Waals surface area contributed by atoms with Crippen molar-refractivity contribution in [2.45, 2.75) is 12.8 Å². The van der Waals surface area contributed by atoms with Gasteiger partial charge in [-0.15, -0.1) is 0 Å². The van der Waals surface area contributed by atoms with Crippen molar-refractivity contribution >= 4 is 22.7 Å². The van der Waals surface area contributed by atoms with E-state index < -0.39 is 0 Å². The third-order valence-corrected chi connectivity index (χ3v) is 6.22. The van der Waals surface area contributed by atoms with Crippen LogP contribution in [0.15, 0.2) is 127 Å². The molecule has 0 bridgehead atoms. The van der Waals surface area contributed by atoms with Crippen LogP contribution in [0, 0.1) is 0 Å². The molecule has 0 saturated carbocycles. The van der Waals surface area contributed by atoms with E-state index in [4.69, 9.17) is 0 Å². The first-order valence-electron chi connectivity index (χ1n) is 11.5. The molecule has 0 fully saturated rings. The Hall–Kier alpha value is -4.30. The van der Waals surface area contributed by atoms with Crippen LogP contribution in [0.2, 0.25) is 0 Å². The van der Waals surface area contributed by atoms with Crippen LogP contribution in [-0.2, 0) is 6.42 Å². The number of ketones is 2. The van der Waals surface area contributed by atoms with Crippen molar-refractivity contribution in [3.05, 3.63) is 155 Å². The van der Waals surface area contributed by atoms with Crippen LogP contribution in [0.5, 0.6) is 0 Å². The summed E-state index contributed by atoms with van der Waals surface area (Å²) in [5.41, 5.74) is 6.98. The Morgan fingerprint density at radius 3 is 1.79 bits per heavy atom. The minimum atomic E-state index is 0.0501. The van der Waals surface area contributed by atoms with Crippen LogP contribution < -0.4 is 0 Å². The van der Waals surface area contributed by atoms with Gasteiger partial charge in [-0.25, -0.2) is 0 Å². The summed E-state index contributed by atoms with van der Waals surface area (Å²) in [5.74, 6) is 0.113.